The van der Waals surface area contributed by atoms with E-state index in [0.717, 1.165) is 12.8 Å². The molecule has 2 aliphatic carbocycles. The van der Waals surface area contributed by atoms with Gasteiger partial charge in [0.15, 0.2) is 0 Å². The summed E-state index contributed by atoms with van der Waals surface area (Å²) in [6.45, 7) is 13.6. The Morgan fingerprint density at radius 3 is 1.66 bits per heavy atom. The molecule has 0 fully saturated rings. The van der Waals surface area contributed by atoms with Gasteiger partial charge in [-0.25, -0.2) is 12.2 Å². The van der Waals surface area contributed by atoms with Crippen LogP contribution >= 0.6 is 45.2 Å². The second-order valence-electron chi connectivity index (χ2n) is 12.7. The van der Waals surface area contributed by atoms with Gasteiger partial charge >= 0.3 is 139 Å². The maximum atomic E-state index is 3.53. The molecular weight excluding hydrogens is 884 g/mol. The Morgan fingerprint density at radius 1 is 0.705 bits per heavy atom. The van der Waals surface area contributed by atoms with Gasteiger partial charge in [0.25, 0.3) is 0 Å². The molecule has 6 rings (SSSR count). The molecule has 0 aromatic heterocycles. The van der Waals surface area contributed by atoms with Crippen molar-refractivity contribution in [1.82, 2.24) is 0 Å². The van der Waals surface area contributed by atoms with Crippen LogP contribution in [0.4, 0.5) is 0 Å². The summed E-state index contributed by atoms with van der Waals surface area (Å²) in [6.07, 6.45) is 11.0. The van der Waals surface area contributed by atoms with Crippen LogP contribution in [0, 0.1) is 19.3 Å². The standard InChI is InChI=1S/C21H25.C13H8I2.C5H5.2ClH.Zr/c1-20(2,3)16-9-7-14-11-15-8-10-17(21(4,5)6)13-19(15)18(14)12-16;14-12-5-1-10(2-6-12)9-11-3-7-13(15)8-4-11;1-2-4-5-3-1;;;/h7,9-10,12-13H,11H2,1-6H3;1-8H;1-3H,4H2;2*1H;/q-1;;-1;;;+2/p-2. The third-order valence-electron chi connectivity index (χ3n) is 7.38. The Bertz CT molecular complexity index is 1490. The quantitative estimate of drug-likeness (QED) is 0.174. The molecule has 0 nitrogen and oxygen atoms in total. The van der Waals surface area contributed by atoms with Crippen molar-refractivity contribution in [3.05, 3.63) is 150 Å². The first kappa shape index (κ1) is 39.3. The first-order valence-electron chi connectivity index (χ1n) is 14.3. The van der Waals surface area contributed by atoms with Crippen molar-refractivity contribution in [1.29, 1.82) is 0 Å². The molecule has 0 atom stereocenters. The third-order valence-corrected chi connectivity index (χ3v) is 10.2. The molecule has 0 spiro atoms. The molecule has 0 N–H and O–H groups in total. The Labute approximate surface area is 320 Å². The molecule has 0 saturated carbocycles. The third kappa shape index (κ3) is 10.9. The van der Waals surface area contributed by atoms with Crippen molar-refractivity contribution in [3.63, 3.8) is 0 Å². The van der Waals surface area contributed by atoms with Crippen LogP contribution in [-0.2, 0) is 41.5 Å². The SMILES string of the molecule is CC(C)(C)c1c[c-]c2c(c1)-c1cc(C(C)(C)C)ccc1C2.[C-]1=CC=CC1.[Cl-].[Cl-].[Zr+2]=[C](c1ccc(I)cc1)c1ccc(I)cc1. The normalized spacial score (nSPS) is 12.4. The average Bonchev–Trinajstić information content (AvgIpc) is 3.64. The van der Waals surface area contributed by atoms with E-state index in [-0.39, 0.29) is 35.6 Å². The minimum absolute atomic E-state index is 0. The van der Waals surface area contributed by atoms with Crippen LogP contribution in [0.2, 0.25) is 0 Å². The number of allylic oxidation sites excluding steroid dienone is 4. The van der Waals surface area contributed by atoms with Crippen LogP contribution in [0.25, 0.3) is 11.1 Å². The second kappa shape index (κ2) is 17.3. The summed E-state index contributed by atoms with van der Waals surface area (Å²) in [7, 11) is 0. The van der Waals surface area contributed by atoms with Gasteiger partial charge in [-0.3, -0.25) is 6.08 Å². The zero-order valence-corrected chi connectivity index (χ0v) is 34.4. The zero-order chi connectivity index (χ0) is 30.5. The van der Waals surface area contributed by atoms with E-state index in [1.54, 1.807) is 0 Å². The van der Waals surface area contributed by atoms with E-state index in [1.165, 1.54) is 79.1 Å². The Kier molecular flexibility index (Phi) is 15.5. The Balaban J connectivity index is 0.000000260. The van der Waals surface area contributed by atoms with E-state index in [1.807, 2.05) is 12.2 Å². The molecule has 4 aromatic rings. The van der Waals surface area contributed by atoms with Crippen LogP contribution in [0.15, 0.2) is 97.1 Å². The van der Waals surface area contributed by atoms with Gasteiger partial charge in [-0.15, -0.1) is 12.0 Å². The molecule has 0 aliphatic heterocycles. The van der Waals surface area contributed by atoms with Crippen LogP contribution in [-0.4, -0.2) is 3.21 Å². The fraction of sp³-hybridized carbons (Fsp3) is 0.256. The molecule has 0 saturated heterocycles. The zero-order valence-electron chi connectivity index (χ0n) is 26.2. The van der Waals surface area contributed by atoms with E-state index in [9.17, 15) is 0 Å². The number of hydrogen-bond donors (Lipinski definition) is 0. The van der Waals surface area contributed by atoms with E-state index in [0.29, 0.717) is 0 Å². The molecule has 0 radical (unpaired) electrons. The first-order valence-corrected chi connectivity index (χ1v) is 17.7. The van der Waals surface area contributed by atoms with E-state index in [4.69, 9.17) is 0 Å². The summed E-state index contributed by atoms with van der Waals surface area (Å²) in [5.41, 5.74) is 11.4. The molecule has 0 amide bonds. The van der Waals surface area contributed by atoms with Crippen molar-refractivity contribution in [2.45, 2.75) is 65.2 Å². The minimum atomic E-state index is 0. The molecule has 2 aliphatic rings. The summed E-state index contributed by atoms with van der Waals surface area (Å²) < 4.78 is 3.99. The molecule has 0 heterocycles. The van der Waals surface area contributed by atoms with Crippen LogP contribution in [0.1, 0.15) is 81.3 Å². The van der Waals surface area contributed by atoms with Gasteiger partial charge in [-0.2, -0.15) is 35.4 Å². The molecule has 44 heavy (non-hydrogen) atoms. The predicted molar refractivity (Wildman–Crippen MR) is 194 cm³/mol. The average molecular weight is 923 g/mol. The fourth-order valence-electron chi connectivity index (χ4n) is 4.72. The van der Waals surface area contributed by atoms with Gasteiger partial charge in [-0.1, -0.05) is 76.3 Å². The Hall–Kier alpha value is -0.847. The van der Waals surface area contributed by atoms with E-state index >= 15 is 0 Å². The molecule has 228 valence electrons. The van der Waals surface area contributed by atoms with Crippen LogP contribution in [0.5, 0.6) is 0 Å². The Morgan fingerprint density at radius 2 is 1.23 bits per heavy atom. The fourth-order valence-corrected chi connectivity index (χ4v) is 6.26. The van der Waals surface area contributed by atoms with Crippen LogP contribution < -0.4 is 24.8 Å². The molecule has 4 aromatic carbocycles. The van der Waals surface area contributed by atoms with E-state index in [2.05, 4.69) is 184 Å². The first-order chi connectivity index (χ1) is 19.8. The van der Waals surface area contributed by atoms with Crippen LogP contribution in [0.3, 0.4) is 0 Å². The van der Waals surface area contributed by atoms with Gasteiger partial charge in [0.05, 0.1) is 0 Å². The number of hydrogen-bond acceptors (Lipinski definition) is 0. The summed E-state index contributed by atoms with van der Waals surface area (Å²) in [5, 5.41) is 0. The van der Waals surface area contributed by atoms with Crippen molar-refractivity contribution in [3.8, 4) is 11.1 Å². The number of fused-ring (bicyclic) bond motifs is 3. The summed E-state index contributed by atoms with van der Waals surface area (Å²) in [4.78, 5) is 0. The monoisotopic (exact) mass is 920 g/mol. The van der Waals surface area contributed by atoms with Gasteiger partial charge in [0.2, 0.25) is 0 Å². The molecule has 5 heteroatoms. The summed E-state index contributed by atoms with van der Waals surface area (Å²) in [5.74, 6) is 0. The van der Waals surface area contributed by atoms with Gasteiger partial charge in [0.1, 0.15) is 0 Å². The maximum absolute atomic E-state index is 3.53. The van der Waals surface area contributed by atoms with Gasteiger partial charge in [-0.05, 0) is 17.4 Å². The molecule has 0 bridgehead atoms. The number of halogens is 4. The number of benzene rings is 4. The van der Waals surface area contributed by atoms with Gasteiger partial charge in [0, 0.05) is 0 Å². The second-order valence-corrected chi connectivity index (χ2v) is 16.4. The molecular formula is C39H38Cl2I2Zr-2. The number of rotatable bonds is 2. The van der Waals surface area contributed by atoms with E-state index < -0.39 is 0 Å². The van der Waals surface area contributed by atoms with Crippen molar-refractivity contribution < 1.29 is 49.0 Å². The van der Waals surface area contributed by atoms with Crippen molar-refractivity contribution >= 4 is 48.4 Å². The topological polar surface area (TPSA) is 0 Å². The molecule has 0 unspecified atom stereocenters. The predicted octanol–water partition coefficient (Wildman–Crippen LogP) is 4.98. The van der Waals surface area contributed by atoms with Crippen molar-refractivity contribution in [2.75, 3.05) is 0 Å². The van der Waals surface area contributed by atoms with Gasteiger partial charge < -0.3 is 24.8 Å². The summed E-state index contributed by atoms with van der Waals surface area (Å²) >= 11 is 6.13. The summed E-state index contributed by atoms with van der Waals surface area (Å²) in [6, 6.07) is 32.5. The van der Waals surface area contributed by atoms with Crippen molar-refractivity contribution in [2.24, 2.45) is 0 Å².